The lowest BCUT2D eigenvalue weighted by Crippen LogP contribution is -2.34. The molecule has 0 aromatic carbocycles. The summed E-state index contributed by atoms with van der Waals surface area (Å²) < 4.78 is 4.75. The highest BCUT2D eigenvalue weighted by molar-refractivity contribution is 5.07. The first-order valence-corrected chi connectivity index (χ1v) is 5.58. The van der Waals surface area contributed by atoms with Crippen LogP contribution in [0.1, 0.15) is 25.6 Å². The van der Waals surface area contributed by atoms with Gasteiger partial charge in [-0.05, 0) is 38.4 Å². The molecule has 0 amide bonds. The Morgan fingerprint density at radius 1 is 1.47 bits per heavy atom. The number of likely N-dealkylation sites (tertiary alicyclic amines) is 1. The lowest BCUT2D eigenvalue weighted by atomic mass is 9.93. The predicted molar refractivity (Wildman–Crippen MR) is 57.3 cm³/mol. The first-order chi connectivity index (χ1) is 7.28. The van der Waals surface area contributed by atoms with Crippen molar-refractivity contribution in [3.05, 3.63) is 5.82 Å². The zero-order valence-corrected chi connectivity index (χ0v) is 9.15. The van der Waals surface area contributed by atoms with E-state index in [1.54, 1.807) is 0 Å². The molecule has 1 aliphatic heterocycles. The van der Waals surface area contributed by atoms with Gasteiger partial charge in [0.05, 0.1) is 0 Å². The molecule has 84 valence electrons. The summed E-state index contributed by atoms with van der Waals surface area (Å²) in [4.78, 5) is 6.50. The van der Waals surface area contributed by atoms with Gasteiger partial charge in [0.2, 0.25) is 0 Å². The van der Waals surface area contributed by atoms with E-state index in [1.807, 2.05) is 0 Å². The number of anilines is 1. The van der Waals surface area contributed by atoms with Crippen LogP contribution in [-0.2, 0) is 6.42 Å². The summed E-state index contributed by atoms with van der Waals surface area (Å²) in [5, 5.41) is 3.82. The highest BCUT2D eigenvalue weighted by Gasteiger charge is 2.20. The third-order valence-corrected chi connectivity index (χ3v) is 3.11. The second-order valence-electron chi connectivity index (χ2n) is 4.13. The Kier molecular flexibility index (Phi) is 3.20. The van der Waals surface area contributed by atoms with E-state index in [0.717, 1.165) is 18.8 Å². The van der Waals surface area contributed by atoms with Gasteiger partial charge in [-0.3, -0.25) is 0 Å². The zero-order chi connectivity index (χ0) is 10.7. The topological polar surface area (TPSA) is 68.2 Å². The Balaban J connectivity index is 1.82. The lowest BCUT2D eigenvalue weighted by Gasteiger charge is -2.30. The summed E-state index contributed by atoms with van der Waals surface area (Å²) in [6.45, 7) is 5.74. The number of aromatic nitrogens is 2. The Morgan fingerprint density at radius 3 is 2.73 bits per heavy atom. The quantitative estimate of drug-likeness (QED) is 0.803. The molecular formula is C10H18N4O. The predicted octanol–water partition coefficient (Wildman–Crippen LogP) is 0.926. The fourth-order valence-electron chi connectivity index (χ4n) is 2.12. The van der Waals surface area contributed by atoms with Gasteiger partial charge in [-0.15, -0.1) is 0 Å². The minimum atomic E-state index is 0.177. The van der Waals surface area contributed by atoms with E-state index in [9.17, 15) is 0 Å². The first-order valence-electron chi connectivity index (χ1n) is 5.58. The Labute approximate surface area is 89.6 Å². The first kappa shape index (κ1) is 10.4. The average Bonchev–Trinajstić information content (AvgIpc) is 2.65. The van der Waals surface area contributed by atoms with Crippen molar-refractivity contribution in [2.24, 2.45) is 5.92 Å². The number of nitrogens with two attached hydrogens (primary N) is 1. The number of nitrogen functional groups attached to an aromatic ring is 1. The number of hydrogen-bond donors (Lipinski definition) is 1. The molecule has 1 aromatic rings. The zero-order valence-electron chi connectivity index (χ0n) is 9.15. The van der Waals surface area contributed by atoms with Crippen molar-refractivity contribution in [1.82, 2.24) is 15.0 Å². The van der Waals surface area contributed by atoms with Crippen LogP contribution < -0.4 is 5.73 Å². The molecule has 2 heterocycles. The number of rotatable bonds is 3. The van der Waals surface area contributed by atoms with Gasteiger partial charge in [0.25, 0.3) is 0 Å². The van der Waals surface area contributed by atoms with Crippen LogP contribution in [0.5, 0.6) is 0 Å². The van der Waals surface area contributed by atoms with Gasteiger partial charge in [0.1, 0.15) is 0 Å². The van der Waals surface area contributed by atoms with E-state index in [4.69, 9.17) is 10.3 Å². The van der Waals surface area contributed by atoms with Crippen molar-refractivity contribution in [2.45, 2.75) is 26.2 Å². The second-order valence-corrected chi connectivity index (χ2v) is 4.13. The molecule has 2 rings (SSSR count). The number of nitrogens with zero attached hydrogens (tertiary/aromatic N) is 3. The average molecular weight is 210 g/mol. The maximum absolute atomic E-state index is 5.38. The van der Waals surface area contributed by atoms with Crippen LogP contribution in [0.15, 0.2) is 4.52 Å². The molecule has 0 bridgehead atoms. The molecule has 0 saturated carbocycles. The molecule has 0 unspecified atom stereocenters. The number of piperidine rings is 1. The van der Waals surface area contributed by atoms with Crippen molar-refractivity contribution in [3.8, 4) is 0 Å². The lowest BCUT2D eigenvalue weighted by molar-refractivity contribution is 0.190. The third-order valence-electron chi connectivity index (χ3n) is 3.11. The fourth-order valence-corrected chi connectivity index (χ4v) is 2.12. The Bertz CT molecular complexity index is 304. The van der Waals surface area contributed by atoms with Crippen molar-refractivity contribution >= 4 is 6.01 Å². The molecule has 15 heavy (non-hydrogen) atoms. The molecule has 1 aromatic heterocycles. The smallest absolute Gasteiger partial charge is 0.318 e. The van der Waals surface area contributed by atoms with E-state index >= 15 is 0 Å². The van der Waals surface area contributed by atoms with Gasteiger partial charge < -0.3 is 15.2 Å². The minimum Gasteiger partial charge on any atom is -0.351 e. The Morgan fingerprint density at radius 2 is 2.20 bits per heavy atom. The fraction of sp³-hybridized carbons (Fsp3) is 0.800. The van der Waals surface area contributed by atoms with Gasteiger partial charge >= 0.3 is 6.01 Å². The normalized spacial score (nSPS) is 19.5. The van der Waals surface area contributed by atoms with Crippen LogP contribution in [-0.4, -0.2) is 34.7 Å². The number of hydrogen-bond acceptors (Lipinski definition) is 5. The van der Waals surface area contributed by atoms with Crippen LogP contribution in [0.4, 0.5) is 6.01 Å². The highest BCUT2D eigenvalue weighted by Crippen LogP contribution is 2.20. The molecule has 0 aliphatic carbocycles. The van der Waals surface area contributed by atoms with E-state index < -0.39 is 0 Å². The molecule has 1 aliphatic rings. The summed E-state index contributed by atoms with van der Waals surface area (Å²) in [7, 11) is 0. The maximum atomic E-state index is 5.38. The Hall–Kier alpha value is -1.10. The highest BCUT2D eigenvalue weighted by atomic mass is 16.5. The minimum absolute atomic E-state index is 0.177. The maximum Gasteiger partial charge on any atom is 0.318 e. The van der Waals surface area contributed by atoms with E-state index in [-0.39, 0.29) is 6.01 Å². The molecule has 5 nitrogen and oxygen atoms in total. The van der Waals surface area contributed by atoms with Gasteiger partial charge in [-0.25, -0.2) is 0 Å². The van der Waals surface area contributed by atoms with E-state index in [0.29, 0.717) is 5.92 Å². The summed E-state index contributed by atoms with van der Waals surface area (Å²) in [6.07, 6.45) is 3.35. The van der Waals surface area contributed by atoms with Crippen molar-refractivity contribution < 1.29 is 4.52 Å². The molecule has 0 atom stereocenters. The van der Waals surface area contributed by atoms with Gasteiger partial charge in [-0.1, -0.05) is 12.1 Å². The molecule has 0 spiro atoms. The standard InChI is InChI=1S/C10H18N4O/c1-2-14-5-3-8(4-6-14)7-9-12-10(11)15-13-9/h8H,2-7H2,1H3,(H2,11,12,13). The van der Waals surface area contributed by atoms with Crippen LogP contribution in [0.3, 0.4) is 0 Å². The van der Waals surface area contributed by atoms with Crippen LogP contribution in [0.25, 0.3) is 0 Å². The van der Waals surface area contributed by atoms with Crippen molar-refractivity contribution in [2.75, 3.05) is 25.4 Å². The van der Waals surface area contributed by atoms with E-state index in [1.165, 1.54) is 25.9 Å². The molecule has 2 N–H and O–H groups in total. The van der Waals surface area contributed by atoms with Crippen LogP contribution in [0.2, 0.25) is 0 Å². The van der Waals surface area contributed by atoms with Crippen LogP contribution >= 0.6 is 0 Å². The largest absolute Gasteiger partial charge is 0.351 e. The van der Waals surface area contributed by atoms with Crippen LogP contribution in [0, 0.1) is 5.92 Å². The van der Waals surface area contributed by atoms with E-state index in [2.05, 4.69) is 22.0 Å². The van der Waals surface area contributed by atoms with Crippen molar-refractivity contribution in [1.29, 1.82) is 0 Å². The van der Waals surface area contributed by atoms with Gasteiger partial charge in [0, 0.05) is 6.42 Å². The third kappa shape index (κ3) is 2.68. The summed E-state index contributed by atoms with van der Waals surface area (Å²) in [5.41, 5.74) is 5.38. The summed E-state index contributed by atoms with van der Waals surface area (Å²) >= 11 is 0. The molecule has 1 fully saturated rings. The van der Waals surface area contributed by atoms with Gasteiger partial charge in [-0.2, -0.15) is 4.98 Å². The molecule has 1 saturated heterocycles. The molecule has 5 heteroatoms. The van der Waals surface area contributed by atoms with Gasteiger partial charge in [0.15, 0.2) is 5.82 Å². The summed E-state index contributed by atoms with van der Waals surface area (Å²) in [6, 6.07) is 0.177. The SMILES string of the molecule is CCN1CCC(Cc2noc(N)n2)CC1. The summed E-state index contributed by atoms with van der Waals surface area (Å²) in [5.74, 6) is 1.44. The molecular weight excluding hydrogens is 192 g/mol. The monoisotopic (exact) mass is 210 g/mol. The molecule has 0 radical (unpaired) electrons. The second kappa shape index (κ2) is 4.61. The van der Waals surface area contributed by atoms with Crippen molar-refractivity contribution in [3.63, 3.8) is 0 Å².